The Balaban J connectivity index is 1.88. The summed E-state index contributed by atoms with van der Waals surface area (Å²) in [6.45, 7) is 1.88. The predicted molar refractivity (Wildman–Crippen MR) is 103 cm³/mol. The van der Waals surface area contributed by atoms with E-state index in [4.69, 9.17) is 9.84 Å². The van der Waals surface area contributed by atoms with Crippen LogP contribution in [0.15, 0.2) is 36.4 Å². The van der Waals surface area contributed by atoms with Gasteiger partial charge in [-0.2, -0.15) is 13.2 Å². The molecule has 1 aliphatic heterocycles. The average Bonchev–Trinajstić information content (AvgIpc) is 2.68. The van der Waals surface area contributed by atoms with Gasteiger partial charge < -0.3 is 25.2 Å². The number of ether oxygens (including phenoxy) is 1. The van der Waals surface area contributed by atoms with Gasteiger partial charge >= 0.3 is 6.18 Å². The molecule has 0 bridgehead atoms. The van der Waals surface area contributed by atoms with Gasteiger partial charge in [0.1, 0.15) is 11.4 Å². The summed E-state index contributed by atoms with van der Waals surface area (Å²) in [5.41, 5.74) is -0.699. The SMILES string of the molecule is C[C@H](CO)NC(=O)c1ccc(Oc2ccc(C(F)(F)F)cc2)c(N2CC[C@@H]2CO)n1. The van der Waals surface area contributed by atoms with E-state index in [9.17, 15) is 23.1 Å². The lowest BCUT2D eigenvalue weighted by Crippen LogP contribution is -2.50. The van der Waals surface area contributed by atoms with E-state index in [0.29, 0.717) is 12.4 Å². The Labute approximate surface area is 171 Å². The van der Waals surface area contributed by atoms with Crippen molar-refractivity contribution in [1.82, 2.24) is 10.3 Å². The van der Waals surface area contributed by atoms with E-state index >= 15 is 0 Å². The smallest absolute Gasteiger partial charge is 0.416 e. The van der Waals surface area contributed by atoms with Crippen LogP contribution in [0.1, 0.15) is 29.4 Å². The first kappa shape index (κ1) is 21.8. The molecular weight excluding hydrogens is 403 g/mol. The summed E-state index contributed by atoms with van der Waals surface area (Å²) in [5.74, 6) is 0.252. The van der Waals surface area contributed by atoms with Gasteiger partial charge in [0, 0.05) is 12.6 Å². The normalized spacial score (nSPS) is 17.3. The molecule has 2 aromatic rings. The molecule has 3 N–H and O–H groups in total. The Hall–Kier alpha value is -2.85. The summed E-state index contributed by atoms with van der Waals surface area (Å²) in [7, 11) is 0. The summed E-state index contributed by atoms with van der Waals surface area (Å²) in [4.78, 5) is 18.5. The second-order valence-electron chi connectivity index (χ2n) is 7.02. The fraction of sp³-hybridized carbons (Fsp3) is 0.400. The molecule has 3 rings (SSSR count). The summed E-state index contributed by atoms with van der Waals surface area (Å²) in [6.07, 6.45) is -3.71. The molecule has 0 spiro atoms. The van der Waals surface area contributed by atoms with E-state index < -0.39 is 23.7 Å². The first-order chi connectivity index (χ1) is 14.2. The number of carbonyl (C=O) groups is 1. The summed E-state index contributed by atoms with van der Waals surface area (Å²) >= 11 is 0. The molecular formula is C20H22F3N3O4. The Morgan fingerprint density at radius 1 is 1.27 bits per heavy atom. The predicted octanol–water partition coefficient (Wildman–Crippen LogP) is 2.57. The molecule has 2 heterocycles. The number of pyridine rings is 1. The third-order valence-electron chi connectivity index (χ3n) is 4.76. The van der Waals surface area contributed by atoms with E-state index in [1.807, 2.05) is 0 Å². The molecule has 0 saturated carbocycles. The highest BCUT2D eigenvalue weighted by Gasteiger charge is 2.32. The molecule has 0 radical (unpaired) electrons. The molecule has 2 atom stereocenters. The zero-order valence-electron chi connectivity index (χ0n) is 16.2. The highest BCUT2D eigenvalue weighted by molar-refractivity contribution is 5.93. The van der Waals surface area contributed by atoms with Crippen molar-refractivity contribution in [3.05, 3.63) is 47.7 Å². The van der Waals surface area contributed by atoms with Gasteiger partial charge in [-0.25, -0.2) is 4.98 Å². The fourth-order valence-corrected chi connectivity index (χ4v) is 2.94. The number of rotatable bonds is 7. The van der Waals surface area contributed by atoms with Crippen molar-refractivity contribution in [1.29, 1.82) is 0 Å². The fourth-order valence-electron chi connectivity index (χ4n) is 2.94. The number of aromatic nitrogens is 1. The van der Waals surface area contributed by atoms with E-state index in [0.717, 1.165) is 18.6 Å². The van der Waals surface area contributed by atoms with Crippen LogP contribution in [0.5, 0.6) is 11.5 Å². The number of aliphatic hydroxyl groups is 2. The van der Waals surface area contributed by atoms with Crippen molar-refractivity contribution in [3.8, 4) is 11.5 Å². The van der Waals surface area contributed by atoms with Crippen LogP contribution in [0.25, 0.3) is 0 Å². The van der Waals surface area contributed by atoms with Gasteiger partial charge in [-0.3, -0.25) is 4.79 Å². The van der Waals surface area contributed by atoms with Crippen LogP contribution in [0.2, 0.25) is 0 Å². The number of nitrogens with zero attached hydrogens (tertiary/aromatic N) is 2. The maximum atomic E-state index is 12.8. The minimum absolute atomic E-state index is 0.0914. The molecule has 0 aliphatic carbocycles. The van der Waals surface area contributed by atoms with Gasteiger partial charge in [0.2, 0.25) is 0 Å². The monoisotopic (exact) mass is 425 g/mol. The number of benzene rings is 1. The van der Waals surface area contributed by atoms with Crippen molar-refractivity contribution in [2.24, 2.45) is 0 Å². The maximum Gasteiger partial charge on any atom is 0.416 e. The van der Waals surface area contributed by atoms with Gasteiger partial charge in [0.15, 0.2) is 11.6 Å². The largest absolute Gasteiger partial charge is 0.453 e. The van der Waals surface area contributed by atoms with Crippen LogP contribution >= 0.6 is 0 Å². The Kier molecular flexibility index (Phi) is 6.47. The third-order valence-corrected chi connectivity index (χ3v) is 4.76. The molecule has 30 heavy (non-hydrogen) atoms. The summed E-state index contributed by atoms with van der Waals surface area (Å²) < 4.78 is 44.0. The van der Waals surface area contributed by atoms with Crippen molar-refractivity contribution in [3.63, 3.8) is 0 Å². The van der Waals surface area contributed by atoms with E-state index in [-0.39, 0.29) is 36.4 Å². The highest BCUT2D eigenvalue weighted by atomic mass is 19.4. The number of carbonyl (C=O) groups excluding carboxylic acids is 1. The minimum Gasteiger partial charge on any atom is -0.453 e. The molecule has 10 heteroatoms. The highest BCUT2D eigenvalue weighted by Crippen LogP contribution is 2.37. The molecule has 1 amide bonds. The number of anilines is 1. The van der Waals surface area contributed by atoms with Crippen molar-refractivity contribution in [2.75, 3.05) is 24.7 Å². The summed E-state index contributed by atoms with van der Waals surface area (Å²) in [6, 6.07) is 6.52. The first-order valence-electron chi connectivity index (χ1n) is 9.38. The second-order valence-corrected chi connectivity index (χ2v) is 7.02. The maximum absolute atomic E-state index is 12.8. The lowest BCUT2D eigenvalue weighted by molar-refractivity contribution is -0.137. The van der Waals surface area contributed by atoms with Crippen LogP contribution in [0.3, 0.4) is 0 Å². The molecule has 1 aliphatic rings. The van der Waals surface area contributed by atoms with Gasteiger partial charge in [-0.15, -0.1) is 0 Å². The Morgan fingerprint density at radius 3 is 2.50 bits per heavy atom. The standard InChI is InChI=1S/C20H22F3N3O4/c1-12(10-27)24-19(29)16-6-7-17(18(25-16)26-9-8-14(26)11-28)30-15-4-2-13(3-5-15)20(21,22)23/h2-7,12,14,27-28H,8-11H2,1H3,(H,24,29)/t12-,14-/m1/s1. The lowest BCUT2D eigenvalue weighted by Gasteiger charge is -2.41. The summed E-state index contributed by atoms with van der Waals surface area (Å²) in [5, 5.41) is 21.2. The zero-order valence-corrected chi connectivity index (χ0v) is 16.2. The van der Waals surface area contributed by atoms with Crippen molar-refractivity contribution in [2.45, 2.75) is 31.6 Å². The van der Waals surface area contributed by atoms with Gasteiger partial charge in [0.25, 0.3) is 5.91 Å². The molecule has 1 aromatic carbocycles. The van der Waals surface area contributed by atoms with Gasteiger partial charge in [0.05, 0.1) is 24.8 Å². The third kappa shape index (κ3) is 4.82. The number of aliphatic hydroxyl groups excluding tert-OH is 2. The molecule has 1 aromatic heterocycles. The molecule has 0 unspecified atom stereocenters. The van der Waals surface area contributed by atoms with Crippen LogP contribution in [0.4, 0.5) is 19.0 Å². The van der Waals surface area contributed by atoms with E-state index in [1.165, 1.54) is 24.3 Å². The number of hydrogen-bond acceptors (Lipinski definition) is 6. The number of alkyl halides is 3. The Morgan fingerprint density at radius 2 is 1.97 bits per heavy atom. The first-order valence-corrected chi connectivity index (χ1v) is 9.38. The lowest BCUT2D eigenvalue weighted by atomic mass is 10.0. The van der Waals surface area contributed by atoms with Crippen molar-refractivity contribution >= 4 is 11.7 Å². The zero-order chi connectivity index (χ0) is 21.9. The Bertz CT molecular complexity index is 888. The quantitative estimate of drug-likeness (QED) is 0.631. The van der Waals surface area contributed by atoms with Gasteiger partial charge in [-0.05, 0) is 49.7 Å². The molecule has 7 nitrogen and oxygen atoms in total. The van der Waals surface area contributed by atoms with Crippen molar-refractivity contribution < 1.29 is 32.9 Å². The number of halogens is 3. The average molecular weight is 425 g/mol. The van der Waals surface area contributed by atoms with Crippen LogP contribution < -0.4 is 15.0 Å². The van der Waals surface area contributed by atoms with Crippen LogP contribution in [-0.2, 0) is 6.18 Å². The van der Waals surface area contributed by atoms with Crippen LogP contribution in [0, 0.1) is 0 Å². The molecule has 162 valence electrons. The number of hydrogen-bond donors (Lipinski definition) is 3. The van der Waals surface area contributed by atoms with E-state index in [2.05, 4.69) is 10.3 Å². The number of amides is 1. The van der Waals surface area contributed by atoms with Crippen LogP contribution in [-0.4, -0.2) is 52.9 Å². The topological polar surface area (TPSA) is 94.9 Å². The van der Waals surface area contributed by atoms with E-state index in [1.54, 1.807) is 11.8 Å². The number of nitrogens with one attached hydrogen (secondary N) is 1. The second kappa shape index (κ2) is 8.88. The molecule has 1 saturated heterocycles. The molecule has 1 fully saturated rings. The minimum atomic E-state index is -4.45. The van der Waals surface area contributed by atoms with Gasteiger partial charge in [-0.1, -0.05) is 0 Å².